The molecule has 8 heteroatoms. The lowest BCUT2D eigenvalue weighted by Crippen LogP contribution is -2.34. The largest absolute Gasteiger partial charge is 0.394 e. The number of rotatable bonds is 5. The van der Waals surface area contributed by atoms with Gasteiger partial charge in [-0.05, 0) is 13.3 Å². The Balaban J connectivity index is 2.29. The molecule has 0 amide bonds. The van der Waals surface area contributed by atoms with Crippen molar-refractivity contribution in [3.05, 3.63) is 44.2 Å². The standard InChI is InChI=1S/C15H19N3O5/c1-9(3-2-4-16)5-10-7-18(15(22)17-14(10)21)13-6-11(20)12(8-19)23-13/h3,7,11-13,19-20H,2,5-6,8H2,1H3,(H,17,21,22)/t11?,12-,13-/m0/s1. The van der Waals surface area contributed by atoms with E-state index in [0.717, 1.165) is 5.57 Å². The van der Waals surface area contributed by atoms with Crippen LogP contribution < -0.4 is 11.2 Å². The van der Waals surface area contributed by atoms with Crippen LogP contribution in [0.4, 0.5) is 0 Å². The van der Waals surface area contributed by atoms with Crippen LogP contribution in [0.1, 0.15) is 31.6 Å². The molecule has 0 aliphatic carbocycles. The van der Waals surface area contributed by atoms with Gasteiger partial charge in [0, 0.05) is 18.2 Å². The van der Waals surface area contributed by atoms with Gasteiger partial charge in [-0.3, -0.25) is 14.3 Å². The van der Waals surface area contributed by atoms with Crippen molar-refractivity contribution in [1.82, 2.24) is 9.55 Å². The van der Waals surface area contributed by atoms with E-state index in [0.29, 0.717) is 12.0 Å². The van der Waals surface area contributed by atoms with E-state index in [1.165, 1.54) is 10.8 Å². The van der Waals surface area contributed by atoms with E-state index in [4.69, 9.17) is 15.1 Å². The number of aromatic amines is 1. The second-order valence-corrected chi connectivity index (χ2v) is 5.53. The van der Waals surface area contributed by atoms with Crippen LogP contribution >= 0.6 is 0 Å². The van der Waals surface area contributed by atoms with E-state index >= 15 is 0 Å². The van der Waals surface area contributed by atoms with Gasteiger partial charge >= 0.3 is 5.69 Å². The van der Waals surface area contributed by atoms with Crippen molar-refractivity contribution in [2.45, 2.75) is 44.6 Å². The molecule has 1 saturated heterocycles. The van der Waals surface area contributed by atoms with Crippen molar-refractivity contribution in [3.8, 4) is 6.07 Å². The molecule has 23 heavy (non-hydrogen) atoms. The van der Waals surface area contributed by atoms with Gasteiger partial charge in [-0.1, -0.05) is 11.6 Å². The smallest absolute Gasteiger partial charge is 0.330 e. The number of ether oxygens (including phenoxy) is 1. The molecule has 1 unspecified atom stereocenters. The summed E-state index contributed by atoms with van der Waals surface area (Å²) in [6.07, 6.45) is 1.46. The van der Waals surface area contributed by atoms with E-state index in [-0.39, 0.29) is 19.4 Å². The van der Waals surface area contributed by atoms with Gasteiger partial charge in [-0.15, -0.1) is 0 Å². The molecule has 2 heterocycles. The van der Waals surface area contributed by atoms with Crippen LogP contribution in [0.3, 0.4) is 0 Å². The van der Waals surface area contributed by atoms with Crippen molar-refractivity contribution in [1.29, 1.82) is 5.26 Å². The van der Waals surface area contributed by atoms with Crippen molar-refractivity contribution < 1.29 is 14.9 Å². The van der Waals surface area contributed by atoms with E-state index in [1.807, 2.05) is 6.07 Å². The highest BCUT2D eigenvalue weighted by molar-refractivity contribution is 5.16. The highest BCUT2D eigenvalue weighted by Crippen LogP contribution is 2.27. The maximum Gasteiger partial charge on any atom is 0.330 e. The number of nitrogens with one attached hydrogen (secondary N) is 1. The molecule has 1 fully saturated rings. The molecule has 124 valence electrons. The summed E-state index contributed by atoms with van der Waals surface area (Å²) in [5, 5.41) is 27.4. The molecule has 0 aromatic carbocycles. The molecule has 2 rings (SSSR count). The fourth-order valence-electron chi connectivity index (χ4n) is 2.51. The number of nitriles is 1. The third kappa shape index (κ3) is 3.96. The fraction of sp³-hybridized carbons (Fsp3) is 0.533. The number of hydrogen-bond donors (Lipinski definition) is 3. The van der Waals surface area contributed by atoms with Gasteiger partial charge in [0.05, 0.1) is 25.2 Å². The summed E-state index contributed by atoms with van der Waals surface area (Å²) in [6, 6.07) is 1.99. The number of hydrogen-bond acceptors (Lipinski definition) is 6. The lowest BCUT2D eigenvalue weighted by Gasteiger charge is -2.15. The summed E-state index contributed by atoms with van der Waals surface area (Å²) in [5.74, 6) is 0. The summed E-state index contributed by atoms with van der Waals surface area (Å²) in [4.78, 5) is 26.1. The number of aliphatic hydroxyl groups is 2. The Hall–Kier alpha value is -2.21. The number of nitrogens with zero attached hydrogens (tertiary/aromatic N) is 2. The van der Waals surface area contributed by atoms with Gasteiger partial charge in [0.25, 0.3) is 5.56 Å². The molecule has 1 aliphatic heterocycles. The number of H-pyrrole nitrogens is 1. The van der Waals surface area contributed by atoms with Crippen molar-refractivity contribution in [2.24, 2.45) is 0 Å². The van der Waals surface area contributed by atoms with Crippen molar-refractivity contribution >= 4 is 0 Å². The summed E-state index contributed by atoms with van der Waals surface area (Å²) in [6.45, 7) is 1.45. The Morgan fingerprint density at radius 3 is 2.96 bits per heavy atom. The normalized spacial score (nSPS) is 24.6. The second kappa shape index (κ2) is 7.37. The summed E-state index contributed by atoms with van der Waals surface area (Å²) in [5.41, 5.74) is 0.0751. The molecule has 0 saturated carbocycles. The Bertz CT molecular complexity index is 743. The van der Waals surface area contributed by atoms with Crippen LogP contribution in [-0.2, 0) is 11.2 Å². The van der Waals surface area contributed by atoms with Crippen LogP contribution in [0.25, 0.3) is 0 Å². The molecule has 0 radical (unpaired) electrons. The van der Waals surface area contributed by atoms with Crippen LogP contribution in [0.2, 0.25) is 0 Å². The molecule has 3 atom stereocenters. The zero-order valence-corrected chi connectivity index (χ0v) is 12.7. The summed E-state index contributed by atoms with van der Waals surface area (Å²) in [7, 11) is 0. The van der Waals surface area contributed by atoms with Crippen LogP contribution in [-0.4, -0.2) is 38.6 Å². The Kier molecular flexibility index (Phi) is 5.50. The first-order chi connectivity index (χ1) is 11.0. The van der Waals surface area contributed by atoms with E-state index < -0.39 is 29.7 Å². The fourth-order valence-corrected chi connectivity index (χ4v) is 2.51. The monoisotopic (exact) mass is 321 g/mol. The van der Waals surface area contributed by atoms with E-state index in [9.17, 15) is 14.7 Å². The molecule has 1 aromatic heterocycles. The topological polar surface area (TPSA) is 128 Å². The summed E-state index contributed by atoms with van der Waals surface area (Å²) >= 11 is 0. The predicted molar refractivity (Wildman–Crippen MR) is 80.6 cm³/mol. The van der Waals surface area contributed by atoms with Gasteiger partial charge in [0.2, 0.25) is 0 Å². The molecule has 8 nitrogen and oxygen atoms in total. The van der Waals surface area contributed by atoms with E-state index in [2.05, 4.69) is 4.98 Å². The Morgan fingerprint density at radius 1 is 1.61 bits per heavy atom. The first-order valence-electron chi connectivity index (χ1n) is 7.27. The average Bonchev–Trinajstić information content (AvgIpc) is 2.88. The zero-order chi connectivity index (χ0) is 17.0. The van der Waals surface area contributed by atoms with Gasteiger partial charge in [0.15, 0.2) is 0 Å². The first kappa shape index (κ1) is 17.1. The lowest BCUT2D eigenvalue weighted by molar-refractivity contribution is -0.0459. The highest BCUT2D eigenvalue weighted by atomic mass is 16.5. The van der Waals surface area contributed by atoms with Gasteiger partial charge < -0.3 is 14.9 Å². The quantitative estimate of drug-likeness (QED) is 0.632. The molecule has 0 spiro atoms. The first-order valence-corrected chi connectivity index (χ1v) is 7.27. The minimum Gasteiger partial charge on any atom is -0.394 e. The van der Waals surface area contributed by atoms with E-state index in [1.54, 1.807) is 13.0 Å². The number of aliphatic hydroxyl groups excluding tert-OH is 2. The Morgan fingerprint density at radius 2 is 2.35 bits per heavy atom. The third-order valence-electron chi connectivity index (χ3n) is 3.75. The van der Waals surface area contributed by atoms with Gasteiger partial charge in [0.1, 0.15) is 12.3 Å². The second-order valence-electron chi connectivity index (χ2n) is 5.53. The van der Waals surface area contributed by atoms with Crippen molar-refractivity contribution in [3.63, 3.8) is 0 Å². The minimum atomic E-state index is -0.871. The molecule has 3 N–H and O–H groups in total. The van der Waals surface area contributed by atoms with Crippen LogP contribution in [0.15, 0.2) is 27.4 Å². The highest BCUT2D eigenvalue weighted by Gasteiger charge is 2.35. The molecule has 1 aliphatic rings. The van der Waals surface area contributed by atoms with Crippen LogP contribution in [0, 0.1) is 11.3 Å². The number of allylic oxidation sites excluding steroid dienone is 2. The molecule has 0 bridgehead atoms. The Labute approximate surface area is 132 Å². The van der Waals surface area contributed by atoms with Crippen molar-refractivity contribution in [2.75, 3.05) is 6.61 Å². The maximum atomic E-state index is 12.0. The molecular formula is C15H19N3O5. The molecule has 1 aromatic rings. The third-order valence-corrected chi connectivity index (χ3v) is 3.75. The maximum absolute atomic E-state index is 12.0. The SMILES string of the molecule is CC(=CCC#N)Cc1cn([C@@H]2CC(O)[C@H](CO)O2)c(=O)[nH]c1=O. The van der Waals surface area contributed by atoms with Gasteiger partial charge in [-0.25, -0.2) is 4.79 Å². The zero-order valence-electron chi connectivity index (χ0n) is 12.7. The lowest BCUT2D eigenvalue weighted by atomic mass is 10.1. The number of aromatic nitrogens is 2. The molecular weight excluding hydrogens is 302 g/mol. The van der Waals surface area contributed by atoms with Gasteiger partial charge in [-0.2, -0.15) is 5.26 Å². The predicted octanol–water partition coefficient (Wildman–Crippen LogP) is -0.420. The van der Waals surface area contributed by atoms with Crippen LogP contribution in [0.5, 0.6) is 0 Å². The minimum absolute atomic E-state index is 0.153. The average molecular weight is 321 g/mol. The summed E-state index contributed by atoms with van der Waals surface area (Å²) < 4.78 is 6.65.